The van der Waals surface area contributed by atoms with Gasteiger partial charge in [-0.2, -0.15) is 0 Å². The number of carbonyl (C=O) groups excluding carboxylic acids is 2. The zero-order valence-corrected chi connectivity index (χ0v) is 22.7. The number of aromatic nitrogens is 2. The van der Waals surface area contributed by atoms with E-state index in [4.69, 9.17) is 11.6 Å². The van der Waals surface area contributed by atoms with Crippen LogP contribution in [0, 0.1) is 5.92 Å². The number of halogens is 1. The zero-order chi connectivity index (χ0) is 26.2. The van der Waals surface area contributed by atoms with Gasteiger partial charge in [-0.25, -0.2) is 4.98 Å². The predicted molar refractivity (Wildman–Crippen MR) is 145 cm³/mol. The maximum absolute atomic E-state index is 12.9. The lowest BCUT2D eigenvalue weighted by Crippen LogP contribution is -2.39. The van der Waals surface area contributed by atoms with E-state index >= 15 is 0 Å². The Kier molecular flexibility index (Phi) is 10.1. The molecule has 1 atom stereocenters. The standard InChI is InChI=1S/C24H27ClN4O3.2C2H6/c25-22-17(2-1-3-18(22)19-6-7-21(30)27-23(19)31)16-8-10-28(11-9-16)20-12-26-14-29(24(20)32)13-15-4-5-15;2*1-2/h1-3,12,14-16,19H,4-11,13H2,(H,27,30,31);2*1-2H3. The second-order valence-electron chi connectivity index (χ2n) is 9.20. The Hall–Kier alpha value is -2.67. The van der Waals surface area contributed by atoms with Crippen LogP contribution in [-0.4, -0.2) is 34.5 Å². The lowest BCUT2D eigenvalue weighted by molar-refractivity contribution is -0.134. The average Bonchev–Trinajstić information content (AvgIpc) is 3.73. The fraction of sp³-hybridized carbons (Fsp3) is 0.571. The van der Waals surface area contributed by atoms with Gasteiger partial charge in [0.25, 0.3) is 5.56 Å². The lowest BCUT2D eigenvalue weighted by atomic mass is 9.84. The topological polar surface area (TPSA) is 84.3 Å². The average molecular weight is 515 g/mol. The van der Waals surface area contributed by atoms with Crippen LogP contribution in [0.5, 0.6) is 0 Å². The molecule has 3 aliphatic rings. The third kappa shape index (κ3) is 6.36. The summed E-state index contributed by atoms with van der Waals surface area (Å²) in [6, 6.07) is 5.87. The summed E-state index contributed by atoms with van der Waals surface area (Å²) < 4.78 is 1.75. The summed E-state index contributed by atoms with van der Waals surface area (Å²) >= 11 is 6.79. The Morgan fingerprint density at radius 2 is 1.64 bits per heavy atom. The molecule has 0 spiro atoms. The van der Waals surface area contributed by atoms with E-state index in [1.165, 1.54) is 12.8 Å². The number of piperidine rings is 2. The summed E-state index contributed by atoms with van der Waals surface area (Å²) in [5.74, 6) is -0.00106. The van der Waals surface area contributed by atoms with Gasteiger partial charge in [0.05, 0.1) is 18.4 Å². The molecule has 1 unspecified atom stereocenters. The molecule has 0 bridgehead atoms. The molecule has 1 aliphatic carbocycles. The fourth-order valence-electron chi connectivity index (χ4n) is 4.94. The summed E-state index contributed by atoms with van der Waals surface area (Å²) in [5, 5.41) is 3.06. The molecule has 2 aromatic rings. The maximum atomic E-state index is 12.9. The van der Waals surface area contributed by atoms with Crippen LogP contribution in [0.4, 0.5) is 5.69 Å². The smallest absolute Gasteiger partial charge is 0.276 e. The third-order valence-electron chi connectivity index (χ3n) is 6.98. The minimum absolute atomic E-state index is 0.0447. The van der Waals surface area contributed by atoms with Crippen molar-refractivity contribution >= 4 is 29.1 Å². The van der Waals surface area contributed by atoms with E-state index in [0.717, 1.165) is 43.6 Å². The number of anilines is 1. The van der Waals surface area contributed by atoms with Crippen LogP contribution < -0.4 is 15.8 Å². The number of nitrogens with zero attached hydrogens (tertiary/aromatic N) is 3. The number of benzene rings is 1. The van der Waals surface area contributed by atoms with Crippen LogP contribution >= 0.6 is 11.6 Å². The van der Waals surface area contributed by atoms with E-state index in [1.807, 2.05) is 45.9 Å². The molecule has 1 saturated carbocycles. The maximum Gasteiger partial charge on any atom is 0.276 e. The van der Waals surface area contributed by atoms with Crippen molar-refractivity contribution in [1.29, 1.82) is 0 Å². The quantitative estimate of drug-likeness (QED) is 0.550. The Balaban J connectivity index is 0.000000861. The summed E-state index contributed by atoms with van der Waals surface area (Å²) in [6.45, 7) is 10.3. The number of hydrogen-bond donors (Lipinski definition) is 1. The number of carbonyl (C=O) groups is 2. The van der Waals surface area contributed by atoms with Gasteiger partial charge in [-0.05, 0) is 55.1 Å². The summed E-state index contributed by atoms with van der Waals surface area (Å²) in [6.07, 6.45) is 8.28. The number of amides is 2. The van der Waals surface area contributed by atoms with Crippen molar-refractivity contribution in [2.75, 3.05) is 18.0 Å². The molecular weight excluding hydrogens is 476 g/mol. The van der Waals surface area contributed by atoms with Crippen LogP contribution in [0.3, 0.4) is 0 Å². The third-order valence-corrected chi connectivity index (χ3v) is 7.42. The minimum Gasteiger partial charge on any atom is -0.366 e. The van der Waals surface area contributed by atoms with Gasteiger partial charge in [0.15, 0.2) is 0 Å². The van der Waals surface area contributed by atoms with Gasteiger partial charge >= 0.3 is 0 Å². The molecule has 5 rings (SSSR count). The van der Waals surface area contributed by atoms with Crippen molar-refractivity contribution in [3.63, 3.8) is 0 Å². The number of hydrogen-bond acceptors (Lipinski definition) is 5. The van der Waals surface area contributed by atoms with Crippen molar-refractivity contribution in [3.8, 4) is 0 Å². The molecule has 8 heteroatoms. The van der Waals surface area contributed by atoms with Gasteiger partial charge in [0.1, 0.15) is 5.69 Å². The molecule has 36 heavy (non-hydrogen) atoms. The van der Waals surface area contributed by atoms with Crippen LogP contribution in [0.2, 0.25) is 5.02 Å². The first-order valence-corrected chi connectivity index (χ1v) is 13.8. The summed E-state index contributed by atoms with van der Waals surface area (Å²) in [5.41, 5.74) is 2.57. The second-order valence-corrected chi connectivity index (χ2v) is 9.57. The molecule has 0 radical (unpaired) electrons. The highest BCUT2D eigenvalue weighted by Gasteiger charge is 2.32. The SMILES string of the molecule is CC.CC.O=C1CCC(c2cccc(C3CCN(c4cncn(CC5CC5)c4=O)CC3)c2Cl)C(=O)N1. The highest BCUT2D eigenvalue weighted by molar-refractivity contribution is 6.32. The fourth-order valence-corrected chi connectivity index (χ4v) is 5.35. The number of imide groups is 1. The van der Waals surface area contributed by atoms with Gasteiger partial charge in [0, 0.05) is 31.1 Å². The van der Waals surface area contributed by atoms with Gasteiger partial charge in [-0.3, -0.25) is 24.3 Å². The van der Waals surface area contributed by atoms with Gasteiger partial charge in [0.2, 0.25) is 11.8 Å². The largest absolute Gasteiger partial charge is 0.366 e. The molecule has 1 N–H and O–H groups in total. The number of rotatable bonds is 5. The highest BCUT2D eigenvalue weighted by atomic mass is 35.5. The van der Waals surface area contributed by atoms with E-state index in [1.54, 1.807) is 17.1 Å². The van der Waals surface area contributed by atoms with E-state index < -0.39 is 0 Å². The van der Waals surface area contributed by atoms with Crippen molar-refractivity contribution in [3.05, 3.63) is 57.2 Å². The van der Waals surface area contributed by atoms with Crippen LogP contribution in [-0.2, 0) is 16.1 Å². The van der Waals surface area contributed by atoms with Gasteiger partial charge < -0.3 is 4.90 Å². The molecule has 1 aromatic carbocycles. The molecular formula is C28H39ClN4O3. The number of nitrogens with one attached hydrogen (secondary N) is 1. The highest BCUT2D eigenvalue weighted by Crippen LogP contribution is 2.39. The van der Waals surface area contributed by atoms with Crippen molar-refractivity contribution in [2.24, 2.45) is 5.92 Å². The first-order chi connectivity index (χ1) is 17.5. The second kappa shape index (κ2) is 13.0. The molecule has 196 valence electrons. The Morgan fingerprint density at radius 1 is 0.972 bits per heavy atom. The van der Waals surface area contributed by atoms with Crippen LogP contribution in [0.1, 0.15) is 89.2 Å². The molecule has 3 fully saturated rings. The first kappa shape index (κ1) is 27.9. The van der Waals surface area contributed by atoms with Crippen molar-refractivity contribution < 1.29 is 9.59 Å². The molecule has 7 nitrogen and oxygen atoms in total. The van der Waals surface area contributed by atoms with E-state index in [2.05, 4.69) is 15.2 Å². The Morgan fingerprint density at radius 3 is 2.28 bits per heavy atom. The lowest BCUT2D eigenvalue weighted by Gasteiger charge is -2.34. The minimum atomic E-state index is -0.388. The van der Waals surface area contributed by atoms with Crippen LogP contribution in [0.15, 0.2) is 35.5 Å². The summed E-state index contributed by atoms with van der Waals surface area (Å²) in [7, 11) is 0. The molecule has 2 saturated heterocycles. The predicted octanol–water partition coefficient (Wildman–Crippen LogP) is 5.26. The van der Waals surface area contributed by atoms with E-state index in [9.17, 15) is 14.4 Å². The molecule has 2 aliphatic heterocycles. The normalized spacial score (nSPS) is 20.0. The van der Waals surface area contributed by atoms with Gasteiger partial charge in [-0.1, -0.05) is 57.5 Å². The Labute approximate surface area is 219 Å². The molecule has 1 aromatic heterocycles. The summed E-state index contributed by atoms with van der Waals surface area (Å²) in [4.78, 5) is 43.2. The first-order valence-electron chi connectivity index (χ1n) is 13.4. The van der Waals surface area contributed by atoms with Crippen LogP contribution in [0.25, 0.3) is 0 Å². The Bertz CT molecular complexity index is 1100. The molecule has 3 heterocycles. The van der Waals surface area contributed by atoms with Gasteiger partial charge in [-0.15, -0.1) is 0 Å². The van der Waals surface area contributed by atoms with E-state index in [-0.39, 0.29) is 29.2 Å². The molecule has 2 amide bonds. The van der Waals surface area contributed by atoms with Crippen molar-refractivity contribution in [1.82, 2.24) is 14.9 Å². The van der Waals surface area contributed by atoms with E-state index in [0.29, 0.717) is 29.5 Å². The van der Waals surface area contributed by atoms with Crippen molar-refractivity contribution in [2.45, 2.75) is 84.6 Å². The monoisotopic (exact) mass is 514 g/mol. The zero-order valence-electron chi connectivity index (χ0n) is 21.9.